The highest BCUT2D eigenvalue weighted by atomic mass is 19.3. The molecule has 5 rings (SSSR count). The second-order valence-electron chi connectivity index (χ2n) is 13.1. The van der Waals surface area contributed by atoms with Gasteiger partial charge in [-0.2, -0.15) is 0 Å². The molecule has 1 aromatic heterocycles. The minimum absolute atomic E-state index is 0.116. The molecular weight excluding hydrogens is 560 g/mol. The number of nitrogens with zero attached hydrogens (tertiary/aromatic N) is 3. The summed E-state index contributed by atoms with van der Waals surface area (Å²) in [5, 5.41) is 0. The van der Waals surface area contributed by atoms with Gasteiger partial charge in [0.15, 0.2) is 0 Å². The summed E-state index contributed by atoms with van der Waals surface area (Å²) in [5.41, 5.74) is 0.956. The highest BCUT2D eigenvalue weighted by Crippen LogP contribution is 2.41. The number of aryl methyl sites for hydroxylation is 1. The number of alkyl halides is 2. The van der Waals surface area contributed by atoms with Gasteiger partial charge in [0.2, 0.25) is 18.2 Å². The van der Waals surface area contributed by atoms with Gasteiger partial charge in [-0.3, -0.25) is 9.59 Å². The van der Waals surface area contributed by atoms with Gasteiger partial charge in [-0.05, 0) is 49.1 Å². The van der Waals surface area contributed by atoms with E-state index in [1.165, 1.54) is 7.11 Å². The predicted molar refractivity (Wildman–Crippen MR) is 154 cm³/mol. The second kappa shape index (κ2) is 12.7. The third-order valence-corrected chi connectivity index (χ3v) is 9.04. The molecule has 1 saturated carbocycles. The van der Waals surface area contributed by atoms with Crippen molar-refractivity contribution in [3.63, 3.8) is 0 Å². The number of rotatable bonds is 3. The third kappa shape index (κ3) is 6.91. The average Bonchev–Trinajstić information content (AvgIpc) is 3.58. The van der Waals surface area contributed by atoms with E-state index in [9.17, 15) is 23.2 Å². The standard InChI is InChI=1S/C32H41F2N3O6/c1-32(2,3)20-15-27(39)42-25-13-18(25)9-7-5-6-8-10-22-30(36-23-14-19(41-4)11-12-21(23)35-22)43-26-16-37(31(20)40)24(17-38)28(26)29(33)34/h11-12,14,17-18,20,24-26,28-29H,5-10,13,15-16H2,1-4H3/t18-,20-,24-,25-,26+,28+/m1/s1. The van der Waals surface area contributed by atoms with Crippen molar-refractivity contribution in [3.8, 4) is 11.6 Å². The topological polar surface area (TPSA) is 108 Å². The van der Waals surface area contributed by atoms with Gasteiger partial charge in [-0.15, -0.1) is 0 Å². The maximum absolute atomic E-state index is 14.6. The molecule has 234 valence electrons. The first kappa shape index (κ1) is 31.1. The summed E-state index contributed by atoms with van der Waals surface area (Å²) in [5.74, 6) is -2.48. The van der Waals surface area contributed by atoms with Crippen molar-refractivity contribution >= 4 is 29.2 Å². The van der Waals surface area contributed by atoms with Crippen LogP contribution in [0.5, 0.6) is 11.6 Å². The maximum Gasteiger partial charge on any atom is 0.306 e. The molecule has 43 heavy (non-hydrogen) atoms. The largest absolute Gasteiger partial charge is 0.497 e. The zero-order valence-electron chi connectivity index (χ0n) is 25.3. The molecule has 3 aliphatic rings. The lowest BCUT2D eigenvalue weighted by atomic mass is 9.77. The Hall–Kier alpha value is -3.37. The highest BCUT2D eigenvalue weighted by molar-refractivity contribution is 5.87. The van der Waals surface area contributed by atoms with Crippen LogP contribution in [-0.4, -0.2) is 71.4 Å². The van der Waals surface area contributed by atoms with Crippen molar-refractivity contribution in [2.75, 3.05) is 13.7 Å². The summed E-state index contributed by atoms with van der Waals surface area (Å²) in [6.07, 6.45) is 1.95. The van der Waals surface area contributed by atoms with Gasteiger partial charge in [0, 0.05) is 6.07 Å². The summed E-state index contributed by atoms with van der Waals surface area (Å²) >= 11 is 0. The van der Waals surface area contributed by atoms with E-state index in [0.29, 0.717) is 41.1 Å². The zero-order valence-corrected chi connectivity index (χ0v) is 25.3. The molecule has 2 fully saturated rings. The number of methoxy groups -OCH3 is 1. The van der Waals surface area contributed by atoms with E-state index in [1.807, 2.05) is 20.8 Å². The summed E-state index contributed by atoms with van der Waals surface area (Å²) in [4.78, 5) is 49.8. The van der Waals surface area contributed by atoms with Gasteiger partial charge in [-0.25, -0.2) is 18.7 Å². The highest BCUT2D eigenvalue weighted by Gasteiger charge is 2.52. The van der Waals surface area contributed by atoms with Crippen LogP contribution in [0.15, 0.2) is 18.2 Å². The second-order valence-corrected chi connectivity index (χ2v) is 13.1. The minimum Gasteiger partial charge on any atom is -0.497 e. The van der Waals surface area contributed by atoms with Crippen LogP contribution in [-0.2, 0) is 25.5 Å². The fraction of sp³-hybridized carbons (Fsp3) is 0.656. The molecule has 2 aliphatic heterocycles. The van der Waals surface area contributed by atoms with E-state index < -0.39 is 47.7 Å². The fourth-order valence-corrected chi connectivity index (χ4v) is 6.34. The van der Waals surface area contributed by atoms with Crippen LogP contribution in [0.3, 0.4) is 0 Å². The molecule has 1 saturated heterocycles. The van der Waals surface area contributed by atoms with Crippen LogP contribution < -0.4 is 9.47 Å². The monoisotopic (exact) mass is 601 g/mol. The Morgan fingerprint density at radius 2 is 1.81 bits per heavy atom. The van der Waals surface area contributed by atoms with Crippen LogP contribution in [0.4, 0.5) is 8.78 Å². The minimum atomic E-state index is -2.95. The SMILES string of the molecule is COc1ccc2nc3c(nc2c1)O[C@H]1CN(C(=O)[C@H](C(C)(C)C)CC(=O)O[C@@H]2C[C@H]2CCCCCC3)[C@H](C=O)[C@@H]1C(F)F. The van der Waals surface area contributed by atoms with E-state index >= 15 is 0 Å². The van der Waals surface area contributed by atoms with E-state index in [1.54, 1.807) is 18.2 Å². The lowest BCUT2D eigenvalue weighted by Crippen LogP contribution is -2.47. The van der Waals surface area contributed by atoms with Crippen molar-refractivity contribution in [3.05, 3.63) is 23.9 Å². The van der Waals surface area contributed by atoms with Crippen molar-refractivity contribution in [2.24, 2.45) is 23.2 Å². The molecule has 0 unspecified atom stereocenters. The van der Waals surface area contributed by atoms with Crippen molar-refractivity contribution in [1.29, 1.82) is 0 Å². The first-order chi connectivity index (χ1) is 20.5. The Morgan fingerprint density at radius 3 is 2.51 bits per heavy atom. The van der Waals surface area contributed by atoms with Gasteiger partial charge in [-0.1, -0.05) is 40.0 Å². The summed E-state index contributed by atoms with van der Waals surface area (Å²) in [6, 6.07) is 3.84. The number of benzene rings is 1. The number of carbonyl (C=O) groups is 3. The predicted octanol–water partition coefficient (Wildman–Crippen LogP) is 5.17. The molecule has 6 atom stereocenters. The van der Waals surface area contributed by atoms with Gasteiger partial charge >= 0.3 is 5.97 Å². The normalized spacial score (nSPS) is 29.0. The van der Waals surface area contributed by atoms with E-state index in [0.717, 1.165) is 43.4 Å². The number of hydrogen-bond donors (Lipinski definition) is 0. The Bertz CT molecular complexity index is 1350. The molecule has 2 aromatic rings. The number of carbonyl (C=O) groups excluding carboxylic acids is 3. The van der Waals surface area contributed by atoms with Crippen LogP contribution in [0.2, 0.25) is 0 Å². The molecule has 0 radical (unpaired) electrons. The number of aromatic nitrogens is 2. The van der Waals surface area contributed by atoms with Crippen LogP contribution in [0, 0.1) is 23.2 Å². The molecule has 1 aliphatic carbocycles. The van der Waals surface area contributed by atoms with Gasteiger partial charge in [0.05, 0.1) is 49.0 Å². The van der Waals surface area contributed by atoms with Crippen molar-refractivity contribution in [2.45, 2.75) is 96.8 Å². The lowest BCUT2D eigenvalue weighted by molar-refractivity contribution is -0.154. The molecule has 11 heteroatoms. The number of amides is 1. The third-order valence-electron chi connectivity index (χ3n) is 9.04. The van der Waals surface area contributed by atoms with Crippen molar-refractivity contribution in [1.82, 2.24) is 14.9 Å². The van der Waals surface area contributed by atoms with E-state index in [2.05, 4.69) is 4.98 Å². The summed E-state index contributed by atoms with van der Waals surface area (Å²) in [6.45, 7) is 5.19. The van der Waals surface area contributed by atoms with Gasteiger partial charge in [0.1, 0.15) is 29.9 Å². The fourth-order valence-electron chi connectivity index (χ4n) is 6.34. The molecule has 2 bridgehead atoms. The zero-order chi connectivity index (χ0) is 30.9. The molecule has 1 aromatic carbocycles. The average molecular weight is 602 g/mol. The Kier molecular flexibility index (Phi) is 9.18. The maximum atomic E-state index is 14.6. The lowest BCUT2D eigenvalue weighted by Gasteiger charge is -2.34. The summed E-state index contributed by atoms with van der Waals surface area (Å²) < 4.78 is 46.4. The molecule has 3 heterocycles. The van der Waals surface area contributed by atoms with Crippen LogP contribution in [0.1, 0.15) is 71.4 Å². The van der Waals surface area contributed by atoms with Crippen LogP contribution >= 0.6 is 0 Å². The Balaban J connectivity index is 1.52. The number of esters is 1. The number of hydrogen-bond acceptors (Lipinski definition) is 8. The van der Waals surface area contributed by atoms with E-state index in [-0.39, 0.29) is 24.9 Å². The molecule has 1 amide bonds. The first-order valence-corrected chi connectivity index (χ1v) is 15.2. The van der Waals surface area contributed by atoms with Crippen LogP contribution in [0.25, 0.3) is 11.0 Å². The first-order valence-electron chi connectivity index (χ1n) is 15.2. The summed E-state index contributed by atoms with van der Waals surface area (Å²) in [7, 11) is 1.53. The number of halogens is 2. The van der Waals surface area contributed by atoms with Gasteiger partial charge < -0.3 is 23.9 Å². The van der Waals surface area contributed by atoms with Crippen molar-refractivity contribution < 1.29 is 37.4 Å². The molecular formula is C32H41F2N3O6. The molecule has 0 N–H and O–H groups in total. The molecule has 0 spiro atoms. The number of ether oxygens (including phenoxy) is 3. The molecule has 9 nitrogen and oxygen atoms in total. The Labute approximate surface area is 250 Å². The van der Waals surface area contributed by atoms with E-state index in [4.69, 9.17) is 19.2 Å². The Morgan fingerprint density at radius 1 is 1.05 bits per heavy atom. The smallest absolute Gasteiger partial charge is 0.306 e. The number of fused-ring (bicyclic) bond motifs is 5. The van der Waals surface area contributed by atoms with Gasteiger partial charge in [0.25, 0.3) is 0 Å². The number of aldehydes is 1. The quantitative estimate of drug-likeness (QED) is 0.351.